The Morgan fingerprint density at radius 2 is 1.81 bits per heavy atom. The van der Waals surface area contributed by atoms with Crippen LogP contribution in [0, 0.1) is 34.5 Å². The van der Waals surface area contributed by atoms with Gasteiger partial charge in [-0.05, 0) is 125 Å². The minimum Gasteiger partial charge on any atom is -0.393 e. The lowest BCUT2D eigenvalue weighted by Gasteiger charge is -2.63. The molecule has 0 radical (unpaired) electrons. The van der Waals surface area contributed by atoms with E-state index in [0.29, 0.717) is 29.1 Å². The van der Waals surface area contributed by atoms with Gasteiger partial charge in [0.1, 0.15) is 0 Å². The van der Waals surface area contributed by atoms with Gasteiger partial charge in [-0.1, -0.05) is 13.8 Å². The molecule has 5 N–H and O–H groups in total. The van der Waals surface area contributed by atoms with E-state index < -0.39 is 5.60 Å². The SMILES string of the molecule is C[C@]12CCC(O)CC1CC[C@@H]1[C@H]2CC[C@]2(C)C(CCCNOCCCCN)CC[C@@]12O. The van der Waals surface area contributed by atoms with Gasteiger partial charge in [-0.25, -0.2) is 5.48 Å². The molecule has 0 amide bonds. The molecule has 0 aromatic rings. The van der Waals surface area contributed by atoms with Crippen molar-refractivity contribution in [1.29, 1.82) is 0 Å². The Hall–Kier alpha value is -0.200. The summed E-state index contributed by atoms with van der Waals surface area (Å²) in [6.45, 7) is 7.27. The molecule has 0 heterocycles. The van der Waals surface area contributed by atoms with Gasteiger partial charge in [-0.2, -0.15) is 0 Å². The highest BCUT2D eigenvalue weighted by Crippen LogP contribution is 2.69. The van der Waals surface area contributed by atoms with Gasteiger partial charge in [0.15, 0.2) is 0 Å². The van der Waals surface area contributed by atoms with Crippen LogP contribution in [0.4, 0.5) is 0 Å². The summed E-state index contributed by atoms with van der Waals surface area (Å²) in [4.78, 5) is 5.52. The van der Waals surface area contributed by atoms with Crippen LogP contribution in [0.3, 0.4) is 0 Å². The molecule has 0 spiro atoms. The standard InChI is InChI=1S/C26H48N2O3/c1-24-12-10-21(29)18-20(24)7-8-23-22(24)11-13-25(2)19(9-14-26(23,25)30)6-5-16-28-31-17-4-3-15-27/h19-23,28-30H,3-18,27H2,1-2H3/t19?,20?,21?,22-,23-,24+,25-,26-/m1/s1. The minimum atomic E-state index is -0.489. The molecule has 4 saturated carbocycles. The zero-order chi connectivity index (χ0) is 22.1. The van der Waals surface area contributed by atoms with E-state index in [1.807, 2.05) is 0 Å². The maximum atomic E-state index is 12.2. The molecular weight excluding hydrogens is 388 g/mol. The molecule has 4 aliphatic carbocycles. The van der Waals surface area contributed by atoms with Crippen molar-refractivity contribution in [2.75, 3.05) is 19.7 Å². The minimum absolute atomic E-state index is 0.0630. The molecule has 5 heteroatoms. The third-order valence-corrected chi connectivity index (χ3v) is 10.7. The van der Waals surface area contributed by atoms with Crippen LogP contribution in [0.2, 0.25) is 0 Å². The number of hydroxylamine groups is 1. The predicted octanol–water partition coefficient (Wildman–Crippen LogP) is 4.16. The number of aliphatic hydroxyl groups excluding tert-OH is 1. The van der Waals surface area contributed by atoms with Crippen molar-refractivity contribution in [3.63, 3.8) is 0 Å². The number of rotatable bonds is 9. The number of nitrogens with two attached hydrogens (primary N) is 1. The molecule has 0 saturated heterocycles. The van der Waals surface area contributed by atoms with Crippen molar-refractivity contribution in [3.05, 3.63) is 0 Å². The van der Waals surface area contributed by atoms with Gasteiger partial charge in [0, 0.05) is 6.54 Å². The van der Waals surface area contributed by atoms with Crippen LogP contribution in [-0.4, -0.2) is 41.6 Å². The number of hydrogen-bond donors (Lipinski definition) is 4. The normalized spacial score (nSPS) is 46.9. The van der Waals surface area contributed by atoms with Gasteiger partial charge in [0.25, 0.3) is 0 Å². The van der Waals surface area contributed by atoms with Crippen LogP contribution in [0.5, 0.6) is 0 Å². The van der Waals surface area contributed by atoms with Crippen molar-refractivity contribution in [2.45, 2.75) is 109 Å². The first-order valence-electron chi connectivity index (χ1n) is 13.3. The van der Waals surface area contributed by atoms with E-state index in [1.54, 1.807) is 0 Å². The molecular formula is C26H48N2O3. The highest BCUT2D eigenvalue weighted by atomic mass is 16.6. The second-order valence-electron chi connectivity index (χ2n) is 11.9. The van der Waals surface area contributed by atoms with Gasteiger partial charge < -0.3 is 20.8 Å². The van der Waals surface area contributed by atoms with Crippen LogP contribution < -0.4 is 11.2 Å². The molecule has 0 bridgehead atoms. The van der Waals surface area contributed by atoms with E-state index >= 15 is 0 Å². The van der Waals surface area contributed by atoms with Crippen LogP contribution >= 0.6 is 0 Å². The van der Waals surface area contributed by atoms with E-state index in [1.165, 1.54) is 32.1 Å². The molecule has 4 aliphatic rings. The van der Waals surface area contributed by atoms with Crippen molar-refractivity contribution >= 4 is 0 Å². The average molecular weight is 437 g/mol. The Labute approximate surface area is 189 Å². The summed E-state index contributed by atoms with van der Waals surface area (Å²) in [5.41, 5.74) is 8.54. The maximum absolute atomic E-state index is 12.2. The first-order chi connectivity index (χ1) is 14.8. The highest BCUT2D eigenvalue weighted by Gasteiger charge is 2.66. The van der Waals surface area contributed by atoms with Gasteiger partial charge in [-0.3, -0.25) is 0 Å². The third kappa shape index (κ3) is 4.23. The Balaban J connectivity index is 1.34. The molecule has 4 rings (SSSR count). The molecule has 0 aromatic carbocycles. The molecule has 5 nitrogen and oxygen atoms in total. The van der Waals surface area contributed by atoms with Crippen molar-refractivity contribution in [2.24, 2.45) is 40.2 Å². The van der Waals surface area contributed by atoms with Gasteiger partial charge in [0.2, 0.25) is 0 Å². The second kappa shape index (κ2) is 9.58. The van der Waals surface area contributed by atoms with Gasteiger partial charge in [0.05, 0.1) is 18.3 Å². The second-order valence-corrected chi connectivity index (χ2v) is 11.9. The van der Waals surface area contributed by atoms with Crippen molar-refractivity contribution < 1.29 is 15.1 Å². The fraction of sp³-hybridized carbons (Fsp3) is 1.00. The average Bonchev–Trinajstić information content (AvgIpc) is 3.01. The number of nitrogens with one attached hydrogen (secondary N) is 1. The Bertz CT molecular complexity index is 603. The smallest absolute Gasteiger partial charge is 0.0734 e. The third-order valence-electron chi connectivity index (χ3n) is 10.7. The summed E-state index contributed by atoms with van der Waals surface area (Å²) in [6.07, 6.45) is 14.3. The quantitative estimate of drug-likeness (QED) is 0.322. The molecule has 0 aromatic heterocycles. The predicted molar refractivity (Wildman–Crippen MR) is 124 cm³/mol. The molecule has 8 atom stereocenters. The fourth-order valence-electron chi connectivity index (χ4n) is 8.66. The van der Waals surface area contributed by atoms with Crippen molar-refractivity contribution in [1.82, 2.24) is 5.48 Å². The largest absolute Gasteiger partial charge is 0.393 e. The van der Waals surface area contributed by atoms with Gasteiger partial charge in [-0.15, -0.1) is 0 Å². The topological polar surface area (TPSA) is 87.7 Å². The highest BCUT2D eigenvalue weighted by molar-refractivity contribution is 5.16. The molecule has 31 heavy (non-hydrogen) atoms. The van der Waals surface area contributed by atoms with Gasteiger partial charge >= 0.3 is 0 Å². The van der Waals surface area contributed by atoms with E-state index in [9.17, 15) is 10.2 Å². The van der Waals surface area contributed by atoms with E-state index in [-0.39, 0.29) is 11.5 Å². The lowest BCUT2D eigenvalue weighted by molar-refractivity contribution is -0.210. The fourth-order valence-corrected chi connectivity index (χ4v) is 8.66. The summed E-state index contributed by atoms with van der Waals surface area (Å²) in [7, 11) is 0. The van der Waals surface area contributed by atoms with E-state index in [4.69, 9.17) is 10.6 Å². The zero-order valence-corrected chi connectivity index (χ0v) is 20.1. The van der Waals surface area contributed by atoms with E-state index in [0.717, 1.165) is 71.1 Å². The first kappa shape index (κ1) is 23.9. The summed E-state index contributed by atoms with van der Waals surface area (Å²) < 4.78 is 0. The number of fused-ring (bicyclic) bond motifs is 5. The molecule has 0 aliphatic heterocycles. The van der Waals surface area contributed by atoms with Crippen molar-refractivity contribution in [3.8, 4) is 0 Å². The maximum Gasteiger partial charge on any atom is 0.0734 e. The summed E-state index contributed by atoms with van der Waals surface area (Å²) >= 11 is 0. The number of aliphatic hydroxyl groups is 2. The first-order valence-corrected chi connectivity index (χ1v) is 13.3. The Kier molecular flexibility index (Phi) is 7.40. The lowest BCUT2D eigenvalue weighted by atomic mass is 9.43. The molecule has 3 unspecified atom stereocenters. The molecule has 4 fully saturated rings. The van der Waals surface area contributed by atoms with E-state index in [2.05, 4.69) is 19.3 Å². The Morgan fingerprint density at radius 3 is 2.61 bits per heavy atom. The number of unbranched alkanes of at least 4 members (excludes halogenated alkanes) is 1. The molecule has 180 valence electrons. The van der Waals surface area contributed by atoms with Crippen LogP contribution in [-0.2, 0) is 4.84 Å². The number of hydrogen-bond acceptors (Lipinski definition) is 5. The zero-order valence-electron chi connectivity index (χ0n) is 20.1. The summed E-state index contributed by atoms with van der Waals surface area (Å²) in [5.74, 6) is 2.37. The summed E-state index contributed by atoms with van der Waals surface area (Å²) in [6, 6.07) is 0. The summed E-state index contributed by atoms with van der Waals surface area (Å²) in [5, 5.41) is 22.5. The Morgan fingerprint density at radius 1 is 0.968 bits per heavy atom. The van der Waals surface area contributed by atoms with Crippen LogP contribution in [0.1, 0.15) is 97.3 Å². The lowest BCUT2D eigenvalue weighted by Crippen LogP contribution is -2.62. The monoisotopic (exact) mass is 436 g/mol. The van der Waals surface area contributed by atoms with Crippen LogP contribution in [0.15, 0.2) is 0 Å². The van der Waals surface area contributed by atoms with Crippen LogP contribution in [0.25, 0.3) is 0 Å².